The minimum absolute atomic E-state index is 0.162. The molecule has 0 radical (unpaired) electrons. The van der Waals surface area contributed by atoms with Crippen molar-refractivity contribution in [3.05, 3.63) is 107 Å². The second-order valence-corrected chi connectivity index (χ2v) is 11.8. The minimum atomic E-state index is -0.162. The number of morpholine rings is 1. The van der Waals surface area contributed by atoms with Crippen molar-refractivity contribution in [2.45, 2.75) is 13.0 Å². The van der Waals surface area contributed by atoms with Gasteiger partial charge in [-0.15, -0.1) is 11.3 Å². The molecule has 0 unspecified atom stereocenters. The van der Waals surface area contributed by atoms with Crippen LogP contribution in [0.3, 0.4) is 0 Å². The molecule has 0 saturated carbocycles. The molecule has 234 valence electrons. The molecule has 1 aromatic heterocycles. The topological polar surface area (TPSA) is 94.2 Å². The predicted molar refractivity (Wildman–Crippen MR) is 181 cm³/mol. The van der Waals surface area contributed by atoms with E-state index in [1.807, 2.05) is 66.0 Å². The van der Waals surface area contributed by atoms with Crippen LogP contribution in [0.2, 0.25) is 0 Å². The van der Waals surface area contributed by atoms with Gasteiger partial charge in [0.25, 0.3) is 5.91 Å². The highest BCUT2D eigenvalue weighted by Gasteiger charge is 2.20. The van der Waals surface area contributed by atoms with E-state index in [1.165, 1.54) is 17.0 Å². The highest BCUT2D eigenvalue weighted by molar-refractivity contribution is 7.07. The fraction of sp³-hybridized carbons (Fsp3) is 0.222. The number of fused-ring (bicyclic) bond motifs is 2. The first-order valence-electron chi connectivity index (χ1n) is 15.2. The molecular weight excluding hydrogens is 600 g/mol. The van der Waals surface area contributed by atoms with Crippen molar-refractivity contribution < 1.29 is 23.7 Å². The number of amides is 1. The third kappa shape index (κ3) is 6.63. The molecule has 1 amide bonds. The van der Waals surface area contributed by atoms with Gasteiger partial charge in [-0.25, -0.2) is 4.98 Å². The van der Waals surface area contributed by atoms with Crippen molar-refractivity contribution in [2.75, 3.05) is 55.6 Å². The van der Waals surface area contributed by atoms with E-state index in [4.69, 9.17) is 18.9 Å². The maximum absolute atomic E-state index is 13.3. The van der Waals surface area contributed by atoms with Gasteiger partial charge in [0.2, 0.25) is 0 Å². The van der Waals surface area contributed by atoms with Crippen molar-refractivity contribution in [1.29, 1.82) is 0 Å². The normalized spacial score (nSPS) is 13.9. The van der Waals surface area contributed by atoms with E-state index in [0.29, 0.717) is 36.7 Å². The highest BCUT2D eigenvalue weighted by Crippen LogP contribution is 2.38. The zero-order chi connectivity index (χ0) is 31.3. The lowest BCUT2D eigenvalue weighted by Gasteiger charge is -2.28. The Hall–Kier alpha value is -5.06. The van der Waals surface area contributed by atoms with Crippen molar-refractivity contribution in [3.8, 4) is 28.4 Å². The number of thiazole rings is 1. The van der Waals surface area contributed by atoms with Crippen molar-refractivity contribution in [2.24, 2.45) is 0 Å². The Labute approximate surface area is 271 Å². The van der Waals surface area contributed by atoms with Crippen LogP contribution in [-0.4, -0.2) is 50.9 Å². The van der Waals surface area contributed by atoms with Gasteiger partial charge in [0.1, 0.15) is 12.4 Å². The fourth-order valence-corrected chi connectivity index (χ4v) is 6.15. The molecule has 3 heterocycles. The number of ether oxygens (including phenoxy) is 4. The molecule has 0 atom stereocenters. The van der Waals surface area contributed by atoms with Crippen LogP contribution < -0.4 is 29.7 Å². The van der Waals surface area contributed by atoms with Crippen LogP contribution in [0.1, 0.15) is 21.6 Å². The fourth-order valence-electron chi connectivity index (χ4n) is 5.61. The number of hydrogen-bond acceptors (Lipinski definition) is 9. The molecule has 10 heteroatoms. The molecule has 9 nitrogen and oxygen atoms in total. The summed E-state index contributed by atoms with van der Waals surface area (Å²) in [6.45, 7) is 4.23. The number of carbonyl (C=O) groups excluding carboxylic acids is 1. The quantitative estimate of drug-likeness (QED) is 0.167. The zero-order valence-electron chi connectivity index (χ0n) is 25.5. The second kappa shape index (κ2) is 13.5. The minimum Gasteiger partial charge on any atom is -0.493 e. The van der Waals surface area contributed by atoms with E-state index in [9.17, 15) is 4.79 Å². The van der Waals surface area contributed by atoms with Gasteiger partial charge in [-0.1, -0.05) is 18.2 Å². The van der Waals surface area contributed by atoms with Gasteiger partial charge >= 0.3 is 0 Å². The number of rotatable bonds is 10. The largest absolute Gasteiger partial charge is 0.493 e. The van der Waals surface area contributed by atoms with Crippen molar-refractivity contribution in [1.82, 2.24) is 4.98 Å². The summed E-state index contributed by atoms with van der Waals surface area (Å²) < 4.78 is 23.1. The summed E-state index contributed by atoms with van der Waals surface area (Å²) in [7, 11) is 1.62. The van der Waals surface area contributed by atoms with Gasteiger partial charge in [0.05, 0.1) is 60.8 Å². The summed E-state index contributed by atoms with van der Waals surface area (Å²) >= 11 is 1.53. The molecular formula is C36H34N4O5S. The van der Waals surface area contributed by atoms with Gasteiger partial charge in [-0.05, 0) is 77.4 Å². The summed E-state index contributed by atoms with van der Waals surface area (Å²) in [5.74, 6) is 1.94. The number of hydrogen-bond donors (Lipinski definition) is 2. The van der Waals surface area contributed by atoms with Crippen LogP contribution in [0.5, 0.6) is 17.2 Å². The molecule has 4 aromatic carbocycles. The van der Waals surface area contributed by atoms with Gasteiger partial charge in [-0.2, -0.15) is 0 Å². The Balaban J connectivity index is 1.01. The average Bonchev–Trinajstić information content (AvgIpc) is 3.58. The van der Waals surface area contributed by atoms with Crippen LogP contribution in [0.4, 0.5) is 22.7 Å². The molecule has 1 fully saturated rings. The van der Waals surface area contributed by atoms with E-state index in [0.717, 1.165) is 71.5 Å². The number of nitrogens with one attached hydrogen (secondary N) is 2. The van der Waals surface area contributed by atoms with E-state index < -0.39 is 0 Å². The summed E-state index contributed by atoms with van der Waals surface area (Å²) in [6, 6.07) is 25.9. The summed E-state index contributed by atoms with van der Waals surface area (Å²) in [5, 5.41) is 8.51. The number of carbonyl (C=O) groups is 1. The Morgan fingerprint density at radius 3 is 2.48 bits per heavy atom. The molecule has 1 saturated heterocycles. The van der Waals surface area contributed by atoms with Crippen LogP contribution in [0.15, 0.2) is 89.8 Å². The maximum Gasteiger partial charge on any atom is 0.257 e. The lowest BCUT2D eigenvalue weighted by atomic mass is 10.0. The number of nitrogens with zero attached hydrogens (tertiary/aromatic N) is 2. The van der Waals surface area contributed by atoms with Gasteiger partial charge in [0.15, 0.2) is 11.5 Å². The standard InChI is InChI=1S/C36H34N4O5S/c1-42-35-20-26(4-11-34(35)45-21-27-22-46-23-37-27)25-3-9-30-32(19-25)38-31-10-2-24(18-33(31)39-36(30)41)12-15-44-29-7-5-28(6-8-29)40-13-16-43-17-14-40/h2-11,18-20,22-23,38H,12-17,21H2,1H3,(H,39,41). The van der Waals surface area contributed by atoms with Crippen LogP contribution in [0.25, 0.3) is 11.1 Å². The van der Waals surface area contributed by atoms with Crippen molar-refractivity contribution >= 4 is 40.0 Å². The molecule has 0 spiro atoms. The predicted octanol–water partition coefficient (Wildman–Crippen LogP) is 7.17. The Morgan fingerprint density at radius 1 is 0.848 bits per heavy atom. The zero-order valence-corrected chi connectivity index (χ0v) is 26.3. The lowest BCUT2D eigenvalue weighted by Crippen LogP contribution is -2.36. The summed E-state index contributed by atoms with van der Waals surface area (Å²) in [6.07, 6.45) is 0.705. The van der Waals surface area contributed by atoms with E-state index >= 15 is 0 Å². The van der Waals surface area contributed by atoms with Gasteiger partial charge in [0, 0.05) is 30.6 Å². The van der Waals surface area contributed by atoms with Gasteiger partial charge in [-0.3, -0.25) is 4.79 Å². The smallest absolute Gasteiger partial charge is 0.257 e. The van der Waals surface area contributed by atoms with Crippen LogP contribution in [0, 0.1) is 0 Å². The first kappa shape index (κ1) is 29.6. The van der Waals surface area contributed by atoms with Gasteiger partial charge < -0.3 is 34.5 Å². The number of benzene rings is 4. The maximum atomic E-state index is 13.3. The number of methoxy groups -OCH3 is 1. The van der Waals surface area contributed by atoms with Crippen LogP contribution in [-0.2, 0) is 17.8 Å². The summed E-state index contributed by atoms with van der Waals surface area (Å²) in [5.41, 5.74) is 9.66. The van der Waals surface area contributed by atoms with E-state index in [-0.39, 0.29) is 5.91 Å². The SMILES string of the molecule is COc1cc(-c2ccc3c(c2)Nc2ccc(CCOc4ccc(N5CCOCC5)cc4)cc2NC3=O)ccc1OCc1cscn1. The average molecular weight is 635 g/mol. The molecule has 2 aliphatic heterocycles. The Bertz CT molecular complexity index is 1820. The van der Waals surface area contributed by atoms with Crippen LogP contribution >= 0.6 is 11.3 Å². The number of aromatic nitrogens is 1. The molecule has 46 heavy (non-hydrogen) atoms. The lowest BCUT2D eigenvalue weighted by molar-refractivity contribution is 0.102. The molecule has 5 aromatic rings. The Kier molecular flexibility index (Phi) is 8.71. The first-order valence-corrected chi connectivity index (χ1v) is 16.2. The third-order valence-corrected chi connectivity index (χ3v) is 8.73. The molecule has 0 bridgehead atoms. The highest BCUT2D eigenvalue weighted by atomic mass is 32.1. The Morgan fingerprint density at radius 2 is 1.67 bits per heavy atom. The first-order chi connectivity index (χ1) is 22.6. The van der Waals surface area contributed by atoms with E-state index in [2.05, 4.69) is 38.7 Å². The molecule has 7 rings (SSSR count). The van der Waals surface area contributed by atoms with E-state index in [1.54, 1.807) is 12.6 Å². The monoisotopic (exact) mass is 634 g/mol. The number of anilines is 4. The molecule has 0 aliphatic carbocycles. The third-order valence-electron chi connectivity index (χ3n) is 8.09. The van der Waals surface area contributed by atoms with Crippen molar-refractivity contribution in [3.63, 3.8) is 0 Å². The summed E-state index contributed by atoms with van der Waals surface area (Å²) in [4.78, 5) is 19.8. The second-order valence-electron chi connectivity index (χ2n) is 11.0. The molecule has 2 N–H and O–H groups in total. The molecule has 2 aliphatic rings.